The quantitative estimate of drug-likeness (QED) is 0.683. The lowest BCUT2D eigenvalue weighted by atomic mass is 10.0. The van der Waals surface area contributed by atoms with Crippen molar-refractivity contribution in [1.82, 2.24) is 0 Å². The largest absolute Gasteiger partial charge is 0.349 e. The van der Waals surface area contributed by atoms with Gasteiger partial charge >= 0.3 is 0 Å². The summed E-state index contributed by atoms with van der Waals surface area (Å²) in [7, 11) is -0.160. The van der Waals surface area contributed by atoms with Crippen molar-refractivity contribution in [3.05, 3.63) is 65.7 Å². The summed E-state index contributed by atoms with van der Waals surface area (Å²) in [5.41, 5.74) is 1.92. The summed E-state index contributed by atoms with van der Waals surface area (Å²) in [6, 6.07) is 16.5. The Morgan fingerprint density at radius 2 is 1.50 bits per heavy atom. The lowest BCUT2D eigenvalue weighted by molar-refractivity contribution is -0.220. The van der Waals surface area contributed by atoms with E-state index in [0.29, 0.717) is 17.7 Å². The summed E-state index contributed by atoms with van der Waals surface area (Å²) in [6.45, 7) is 1.93. The number of aryl methyl sites for hydroxylation is 1. The summed E-state index contributed by atoms with van der Waals surface area (Å²) in [5.74, 6) is -0.874. The molecule has 0 spiro atoms. The lowest BCUT2D eigenvalue weighted by Crippen LogP contribution is -2.31. The Balaban J connectivity index is 2.09. The summed E-state index contributed by atoms with van der Waals surface area (Å²) in [5, 5.41) is 0. The Bertz CT molecular complexity index is 733. The molecule has 0 saturated carbocycles. The van der Waals surface area contributed by atoms with Gasteiger partial charge in [0.05, 0.1) is 10.6 Å². The standard InChI is InChI=1S/C19H24O4S/c1-16-10-12-18(13-11-16)24(20,21)15-7-14-19(22-2,23-3)17-8-5-4-6-9-17/h4-6,8-13H,7,14-15H2,1-3H3. The molecule has 2 aromatic rings. The molecule has 130 valence electrons. The first-order valence-corrected chi connectivity index (χ1v) is 9.54. The Labute approximate surface area is 144 Å². The molecule has 0 fully saturated rings. The maximum absolute atomic E-state index is 12.5. The first-order valence-electron chi connectivity index (χ1n) is 7.89. The number of sulfone groups is 1. The van der Waals surface area contributed by atoms with E-state index in [1.807, 2.05) is 49.4 Å². The average molecular weight is 348 g/mol. The molecule has 24 heavy (non-hydrogen) atoms. The van der Waals surface area contributed by atoms with E-state index in [4.69, 9.17) is 9.47 Å². The monoisotopic (exact) mass is 348 g/mol. The third-order valence-corrected chi connectivity index (χ3v) is 5.99. The molecule has 0 N–H and O–H groups in total. The molecular weight excluding hydrogens is 324 g/mol. The van der Waals surface area contributed by atoms with Crippen molar-refractivity contribution in [2.45, 2.75) is 30.4 Å². The maximum Gasteiger partial charge on any atom is 0.194 e. The van der Waals surface area contributed by atoms with Crippen LogP contribution in [0.2, 0.25) is 0 Å². The summed E-state index contributed by atoms with van der Waals surface area (Å²) < 4.78 is 36.1. The van der Waals surface area contributed by atoms with Crippen LogP contribution >= 0.6 is 0 Å². The highest BCUT2D eigenvalue weighted by molar-refractivity contribution is 7.91. The van der Waals surface area contributed by atoms with Gasteiger partial charge in [-0.05, 0) is 25.5 Å². The summed E-state index contributed by atoms with van der Waals surface area (Å²) in [4.78, 5) is 0.355. The molecule has 0 heterocycles. The van der Waals surface area contributed by atoms with Gasteiger partial charge in [-0.2, -0.15) is 0 Å². The molecule has 0 saturated heterocycles. The van der Waals surface area contributed by atoms with Gasteiger partial charge < -0.3 is 9.47 Å². The minimum Gasteiger partial charge on any atom is -0.349 e. The Kier molecular flexibility index (Phi) is 6.15. The molecule has 0 aliphatic heterocycles. The Morgan fingerprint density at radius 3 is 2.04 bits per heavy atom. The maximum atomic E-state index is 12.5. The van der Waals surface area contributed by atoms with Crippen molar-refractivity contribution >= 4 is 9.84 Å². The van der Waals surface area contributed by atoms with E-state index in [-0.39, 0.29) is 5.75 Å². The first kappa shape index (κ1) is 18.6. The van der Waals surface area contributed by atoms with Gasteiger partial charge in [0, 0.05) is 26.2 Å². The molecule has 0 aliphatic rings. The van der Waals surface area contributed by atoms with Gasteiger partial charge in [-0.25, -0.2) is 8.42 Å². The molecule has 0 aromatic heterocycles. The second-order valence-corrected chi connectivity index (χ2v) is 7.87. The van der Waals surface area contributed by atoms with Crippen molar-refractivity contribution in [3.63, 3.8) is 0 Å². The number of hydrogen-bond donors (Lipinski definition) is 0. The van der Waals surface area contributed by atoms with Crippen LogP contribution in [0.5, 0.6) is 0 Å². The van der Waals surface area contributed by atoms with Crippen LogP contribution in [-0.4, -0.2) is 28.4 Å². The molecule has 0 unspecified atom stereocenters. The average Bonchev–Trinajstić information content (AvgIpc) is 2.60. The van der Waals surface area contributed by atoms with Crippen LogP contribution in [0.25, 0.3) is 0 Å². The van der Waals surface area contributed by atoms with Gasteiger partial charge in [0.2, 0.25) is 0 Å². The Hall–Kier alpha value is -1.69. The lowest BCUT2D eigenvalue weighted by Gasteiger charge is -2.31. The van der Waals surface area contributed by atoms with Crippen LogP contribution in [0.1, 0.15) is 24.0 Å². The molecule has 0 atom stereocenters. The van der Waals surface area contributed by atoms with Crippen LogP contribution in [0.15, 0.2) is 59.5 Å². The number of methoxy groups -OCH3 is 2. The van der Waals surface area contributed by atoms with Crippen molar-refractivity contribution < 1.29 is 17.9 Å². The zero-order chi connectivity index (χ0) is 17.6. The molecule has 0 bridgehead atoms. The molecule has 4 nitrogen and oxygen atoms in total. The predicted octanol–water partition coefficient (Wildman–Crippen LogP) is 3.69. The minimum atomic E-state index is -3.31. The fourth-order valence-electron chi connectivity index (χ4n) is 2.72. The van der Waals surface area contributed by atoms with Crippen LogP contribution in [-0.2, 0) is 25.1 Å². The van der Waals surface area contributed by atoms with Crippen molar-refractivity contribution in [3.8, 4) is 0 Å². The van der Waals surface area contributed by atoms with Crippen LogP contribution in [0.3, 0.4) is 0 Å². The number of benzene rings is 2. The van der Waals surface area contributed by atoms with E-state index in [1.165, 1.54) is 0 Å². The van der Waals surface area contributed by atoms with E-state index in [9.17, 15) is 8.42 Å². The Morgan fingerprint density at radius 1 is 0.917 bits per heavy atom. The summed E-state index contributed by atoms with van der Waals surface area (Å²) in [6.07, 6.45) is 0.891. The van der Waals surface area contributed by atoms with Crippen LogP contribution < -0.4 is 0 Å². The molecule has 2 rings (SSSR count). The van der Waals surface area contributed by atoms with E-state index >= 15 is 0 Å². The second kappa shape index (κ2) is 7.92. The highest BCUT2D eigenvalue weighted by atomic mass is 32.2. The van der Waals surface area contributed by atoms with E-state index in [1.54, 1.807) is 26.4 Å². The van der Waals surface area contributed by atoms with Gasteiger partial charge in [-0.1, -0.05) is 48.0 Å². The fraction of sp³-hybridized carbons (Fsp3) is 0.368. The van der Waals surface area contributed by atoms with Gasteiger partial charge in [0.15, 0.2) is 15.6 Å². The third-order valence-electron chi connectivity index (χ3n) is 4.17. The van der Waals surface area contributed by atoms with Gasteiger partial charge in [0.25, 0.3) is 0 Å². The SMILES string of the molecule is COC(CCCS(=O)(=O)c1ccc(C)cc1)(OC)c1ccccc1. The number of rotatable bonds is 8. The predicted molar refractivity (Wildman–Crippen MR) is 94.6 cm³/mol. The zero-order valence-corrected chi connectivity index (χ0v) is 15.2. The topological polar surface area (TPSA) is 52.6 Å². The van der Waals surface area contributed by atoms with Gasteiger partial charge in [-0.15, -0.1) is 0 Å². The first-order chi connectivity index (χ1) is 11.4. The molecule has 2 aromatic carbocycles. The minimum absolute atomic E-state index is 0.0529. The number of ether oxygens (including phenoxy) is 2. The molecule has 0 aliphatic carbocycles. The van der Waals surface area contributed by atoms with Crippen molar-refractivity contribution in [2.24, 2.45) is 0 Å². The normalized spacial score (nSPS) is 12.3. The van der Waals surface area contributed by atoms with Crippen LogP contribution in [0, 0.1) is 6.92 Å². The smallest absolute Gasteiger partial charge is 0.194 e. The van der Waals surface area contributed by atoms with Gasteiger partial charge in [0.1, 0.15) is 0 Å². The van der Waals surface area contributed by atoms with Crippen LogP contribution in [0.4, 0.5) is 0 Å². The fourth-order valence-corrected chi connectivity index (χ4v) is 4.03. The number of hydrogen-bond acceptors (Lipinski definition) is 4. The highest BCUT2D eigenvalue weighted by Gasteiger charge is 2.32. The highest BCUT2D eigenvalue weighted by Crippen LogP contribution is 2.31. The van der Waals surface area contributed by atoms with E-state index in [2.05, 4.69) is 0 Å². The summed E-state index contributed by atoms with van der Waals surface area (Å²) >= 11 is 0. The molecule has 0 amide bonds. The molecular formula is C19H24O4S. The molecule has 5 heteroatoms. The third kappa shape index (κ3) is 4.23. The van der Waals surface area contributed by atoms with Crippen molar-refractivity contribution in [2.75, 3.05) is 20.0 Å². The molecule has 0 radical (unpaired) electrons. The van der Waals surface area contributed by atoms with E-state index < -0.39 is 15.6 Å². The zero-order valence-electron chi connectivity index (χ0n) is 14.4. The van der Waals surface area contributed by atoms with Gasteiger partial charge in [-0.3, -0.25) is 0 Å². The second-order valence-electron chi connectivity index (χ2n) is 5.76. The van der Waals surface area contributed by atoms with E-state index in [0.717, 1.165) is 11.1 Å². The van der Waals surface area contributed by atoms with Crippen molar-refractivity contribution in [1.29, 1.82) is 0 Å².